The van der Waals surface area contributed by atoms with Crippen molar-refractivity contribution in [2.75, 3.05) is 23.8 Å². The van der Waals surface area contributed by atoms with Crippen LogP contribution in [0.25, 0.3) is 0 Å². The average molecular weight is 326 g/mol. The molecule has 1 heterocycles. The Kier molecular flexibility index (Phi) is 4.37. The highest BCUT2D eigenvalue weighted by molar-refractivity contribution is 6.00. The normalized spacial score (nSPS) is 12.7. The lowest BCUT2D eigenvalue weighted by atomic mass is 10.1. The smallest absolute Gasteiger partial charge is 0.262 e. The molecule has 2 N–H and O–H groups in total. The number of benzene rings is 2. The average Bonchev–Trinajstić information content (AvgIpc) is 2.53. The molecule has 0 aliphatic carbocycles. The molecule has 24 heavy (non-hydrogen) atoms. The van der Waals surface area contributed by atoms with Gasteiger partial charge in [-0.25, -0.2) is 0 Å². The summed E-state index contributed by atoms with van der Waals surface area (Å²) >= 11 is 0. The fraction of sp³-hybridized carbons (Fsp3) is 0.222. The van der Waals surface area contributed by atoms with Crippen LogP contribution in [-0.4, -0.2) is 25.0 Å². The van der Waals surface area contributed by atoms with Gasteiger partial charge in [-0.05, 0) is 43.2 Å². The highest BCUT2D eigenvalue weighted by Gasteiger charge is 2.21. The molecule has 6 heteroatoms. The van der Waals surface area contributed by atoms with Gasteiger partial charge in [0.1, 0.15) is 5.75 Å². The molecule has 0 bridgehead atoms. The van der Waals surface area contributed by atoms with E-state index in [1.54, 1.807) is 12.1 Å². The number of amides is 2. The van der Waals surface area contributed by atoms with Crippen LogP contribution in [0.2, 0.25) is 0 Å². The molecule has 3 rings (SSSR count). The summed E-state index contributed by atoms with van der Waals surface area (Å²) in [6.07, 6.45) is 0. The predicted octanol–water partition coefficient (Wildman–Crippen LogP) is 2.65. The molecule has 0 atom stereocenters. The Balaban J connectivity index is 1.71. The molecule has 0 unspecified atom stereocenters. The van der Waals surface area contributed by atoms with Crippen LogP contribution in [0.15, 0.2) is 36.4 Å². The maximum atomic E-state index is 12.2. The lowest BCUT2D eigenvalue weighted by Crippen LogP contribution is -2.27. The van der Waals surface area contributed by atoms with Gasteiger partial charge in [0.05, 0.1) is 11.4 Å². The molecule has 1 aliphatic rings. The van der Waals surface area contributed by atoms with Gasteiger partial charge in [-0.3, -0.25) is 9.59 Å². The second-order valence-electron chi connectivity index (χ2n) is 5.63. The Hall–Kier alpha value is -3.02. The van der Waals surface area contributed by atoms with Gasteiger partial charge in [-0.15, -0.1) is 0 Å². The number of rotatable bonds is 4. The third-order valence-corrected chi connectivity index (χ3v) is 3.58. The minimum Gasteiger partial charge on any atom is -0.483 e. The first-order valence-corrected chi connectivity index (χ1v) is 7.58. The number of carbonyl (C=O) groups is 2. The molecule has 0 radical (unpaired) electrons. The molecule has 2 aromatic rings. The van der Waals surface area contributed by atoms with E-state index in [1.165, 1.54) is 0 Å². The predicted molar refractivity (Wildman–Crippen MR) is 90.6 cm³/mol. The van der Waals surface area contributed by atoms with Crippen molar-refractivity contribution < 1.29 is 19.1 Å². The molecule has 0 saturated carbocycles. The Morgan fingerprint density at radius 1 is 1.29 bits per heavy atom. The molecule has 2 amide bonds. The third-order valence-electron chi connectivity index (χ3n) is 3.58. The van der Waals surface area contributed by atoms with Gasteiger partial charge < -0.3 is 20.1 Å². The van der Waals surface area contributed by atoms with Crippen LogP contribution in [0.3, 0.4) is 0 Å². The van der Waals surface area contributed by atoms with Crippen LogP contribution in [0.4, 0.5) is 11.4 Å². The maximum absolute atomic E-state index is 12.2. The first kappa shape index (κ1) is 15.9. The van der Waals surface area contributed by atoms with E-state index in [1.807, 2.05) is 38.1 Å². The van der Waals surface area contributed by atoms with Crippen LogP contribution in [-0.2, 0) is 9.59 Å². The zero-order valence-electron chi connectivity index (χ0n) is 13.5. The summed E-state index contributed by atoms with van der Waals surface area (Å²) in [5, 5.41) is 5.51. The summed E-state index contributed by atoms with van der Waals surface area (Å²) in [5.74, 6) is 0.617. The Labute approximate surface area is 139 Å². The first-order chi connectivity index (χ1) is 11.5. The number of hydrogen-bond acceptors (Lipinski definition) is 4. The van der Waals surface area contributed by atoms with Gasteiger partial charge in [-0.1, -0.05) is 18.2 Å². The van der Waals surface area contributed by atoms with Gasteiger partial charge in [0, 0.05) is 0 Å². The summed E-state index contributed by atoms with van der Waals surface area (Å²) < 4.78 is 11.0. The standard InChI is InChI=1S/C18H18N2O4/c1-11-7-13(18-14(8-11)20-17(22)10-24-18)19-16(21)9-23-15-6-4-3-5-12(15)2/h3-8H,9-10H2,1-2H3,(H,19,21)(H,20,22). The van der Waals surface area contributed by atoms with E-state index in [-0.39, 0.29) is 25.0 Å². The number of hydrogen-bond donors (Lipinski definition) is 2. The van der Waals surface area contributed by atoms with Gasteiger partial charge in [0.2, 0.25) is 0 Å². The van der Waals surface area contributed by atoms with E-state index in [4.69, 9.17) is 9.47 Å². The van der Waals surface area contributed by atoms with Crippen LogP contribution in [0, 0.1) is 13.8 Å². The fourth-order valence-corrected chi connectivity index (χ4v) is 2.49. The molecule has 6 nitrogen and oxygen atoms in total. The van der Waals surface area contributed by atoms with Gasteiger partial charge in [-0.2, -0.15) is 0 Å². The van der Waals surface area contributed by atoms with Crippen molar-refractivity contribution in [2.45, 2.75) is 13.8 Å². The van der Waals surface area contributed by atoms with Crippen molar-refractivity contribution in [3.63, 3.8) is 0 Å². The van der Waals surface area contributed by atoms with E-state index < -0.39 is 0 Å². The SMILES string of the molecule is Cc1cc(NC(=O)COc2ccccc2C)c2c(c1)NC(=O)CO2. The Morgan fingerprint density at radius 2 is 2.08 bits per heavy atom. The minimum absolute atomic E-state index is 0.0708. The Bertz CT molecular complexity index is 802. The van der Waals surface area contributed by atoms with Gasteiger partial charge in [0.15, 0.2) is 19.0 Å². The van der Waals surface area contributed by atoms with E-state index in [0.717, 1.165) is 11.1 Å². The molecule has 1 aliphatic heterocycles. The summed E-state index contributed by atoms with van der Waals surface area (Å²) in [7, 11) is 0. The summed E-state index contributed by atoms with van der Waals surface area (Å²) in [6.45, 7) is 3.61. The lowest BCUT2D eigenvalue weighted by Gasteiger charge is -2.21. The number of anilines is 2. The summed E-state index contributed by atoms with van der Waals surface area (Å²) in [6, 6.07) is 11.1. The highest BCUT2D eigenvalue weighted by atomic mass is 16.5. The molecule has 0 fully saturated rings. The number of ether oxygens (including phenoxy) is 2. The van der Waals surface area contributed by atoms with Crippen molar-refractivity contribution in [3.8, 4) is 11.5 Å². The molecular weight excluding hydrogens is 308 g/mol. The second-order valence-corrected chi connectivity index (χ2v) is 5.63. The minimum atomic E-state index is -0.299. The first-order valence-electron chi connectivity index (χ1n) is 7.58. The van der Waals surface area contributed by atoms with E-state index in [9.17, 15) is 9.59 Å². The number of fused-ring (bicyclic) bond motifs is 1. The van der Waals surface area contributed by atoms with E-state index >= 15 is 0 Å². The van der Waals surface area contributed by atoms with E-state index in [2.05, 4.69) is 10.6 Å². The van der Waals surface area contributed by atoms with Gasteiger partial charge >= 0.3 is 0 Å². The third kappa shape index (κ3) is 3.48. The quantitative estimate of drug-likeness (QED) is 0.905. The largest absolute Gasteiger partial charge is 0.483 e. The van der Waals surface area contributed by atoms with Crippen molar-refractivity contribution in [2.24, 2.45) is 0 Å². The van der Waals surface area contributed by atoms with Crippen molar-refractivity contribution in [3.05, 3.63) is 47.5 Å². The molecule has 2 aromatic carbocycles. The highest BCUT2D eigenvalue weighted by Crippen LogP contribution is 2.36. The van der Waals surface area contributed by atoms with Crippen LogP contribution < -0.4 is 20.1 Å². The molecule has 0 aromatic heterocycles. The zero-order chi connectivity index (χ0) is 17.1. The van der Waals surface area contributed by atoms with E-state index in [0.29, 0.717) is 22.9 Å². The van der Waals surface area contributed by atoms with Crippen LogP contribution in [0.5, 0.6) is 11.5 Å². The number of para-hydroxylation sites is 1. The molecular formula is C18H18N2O4. The summed E-state index contributed by atoms with van der Waals surface area (Å²) in [5.41, 5.74) is 2.93. The Morgan fingerprint density at radius 3 is 2.88 bits per heavy atom. The fourth-order valence-electron chi connectivity index (χ4n) is 2.49. The lowest BCUT2D eigenvalue weighted by molar-refractivity contribution is -0.118. The maximum Gasteiger partial charge on any atom is 0.262 e. The molecule has 0 spiro atoms. The monoisotopic (exact) mass is 326 g/mol. The topological polar surface area (TPSA) is 76.7 Å². The zero-order valence-corrected chi connectivity index (χ0v) is 13.5. The number of aryl methyl sites for hydroxylation is 2. The van der Waals surface area contributed by atoms with Gasteiger partial charge in [0.25, 0.3) is 11.8 Å². The summed E-state index contributed by atoms with van der Waals surface area (Å²) in [4.78, 5) is 23.6. The second kappa shape index (κ2) is 6.62. The van der Waals surface area contributed by atoms with Crippen molar-refractivity contribution >= 4 is 23.2 Å². The molecule has 124 valence electrons. The van der Waals surface area contributed by atoms with Crippen molar-refractivity contribution in [1.29, 1.82) is 0 Å². The number of carbonyl (C=O) groups excluding carboxylic acids is 2. The van der Waals surface area contributed by atoms with Crippen LogP contribution >= 0.6 is 0 Å². The van der Waals surface area contributed by atoms with Crippen molar-refractivity contribution in [1.82, 2.24) is 0 Å². The number of nitrogens with one attached hydrogen (secondary N) is 2. The molecule has 0 saturated heterocycles. The van der Waals surface area contributed by atoms with Crippen LogP contribution in [0.1, 0.15) is 11.1 Å².